The second-order valence-electron chi connectivity index (χ2n) is 2.41. The molecule has 0 spiro atoms. The molecule has 0 fully saturated rings. The van der Waals surface area contributed by atoms with Crippen LogP contribution in [0.4, 0.5) is 0 Å². The Labute approximate surface area is 69.1 Å². The Morgan fingerprint density at radius 2 is 2.50 bits per heavy atom. The summed E-state index contributed by atoms with van der Waals surface area (Å²) in [6.45, 7) is 0. The number of nitrogens with zero attached hydrogens (tertiary/aromatic N) is 1. The van der Waals surface area contributed by atoms with Gasteiger partial charge in [-0.05, 0) is 12.1 Å². The van der Waals surface area contributed by atoms with Crippen LogP contribution in [0.3, 0.4) is 0 Å². The monoisotopic (exact) mass is 165 g/mol. The van der Waals surface area contributed by atoms with E-state index in [0.29, 0.717) is 11.3 Å². The van der Waals surface area contributed by atoms with Crippen LogP contribution in [0.15, 0.2) is 18.3 Å². The summed E-state index contributed by atoms with van der Waals surface area (Å²) in [5.41, 5.74) is 1.05. The fourth-order valence-corrected chi connectivity index (χ4v) is 1.15. The zero-order valence-electron chi connectivity index (χ0n) is 6.48. The minimum atomic E-state index is -0.631. The summed E-state index contributed by atoms with van der Waals surface area (Å²) in [4.78, 5) is 15.1. The first kappa shape index (κ1) is 7.24. The number of ether oxygens (including phenoxy) is 2. The largest absolute Gasteiger partial charge is 0.426 e. The zero-order valence-corrected chi connectivity index (χ0v) is 6.48. The number of pyridine rings is 1. The molecular formula is C8H7NO3. The average Bonchev–Trinajstić information content (AvgIpc) is 2.44. The van der Waals surface area contributed by atoms with E-state index in [9.17, 15) is 4.79 Å². The summed E-state index contributed by atoms with van der Waals surface area (Å²) in [5, 5.41) is 0. The van der Waals surface area contributed by atoms with Crippen LogP contribution >= 0.6 is 0 Å². The van der Waals surface area contributed by atoms with E-state index in [1.807, 2.05) is 0 Å². The summed E-state index contributed by atoms with van der Waals surface area (Å²) in [7, 11) is 1.47. The summed E-state index contributed by atoms with van der Waals surface area (Å²) >= 11 is 0. The number of carbonyl (C=O) groups is 1. The third-order valence-electron chi connectivity index (χ3n) is 1.71. The van der Waals surface area contributed by atoms with E-state index in [1.54, 1.807) is 18.3 Å². The van der Waals surface area contributed by atoms with E-state index >= 15 is 0 Å². The van der Waals surface area contributed by atoms with Gasteiger partial charge in [-0.25, -0.2) is 4.79 Å². The zero-order chi connectivity index (χ0) is 8.55. The molecule has 0 amide bonds. The van der Waals surface area contributed by atoms with Crippen LogP contribution in [0.25, 0.3) is 0 Å². The molecule has 1 aliphatic rings. The Morgan fingerprint density at radius 3 is 3.25 bits per heavy atom. The number of cyclic esters (lactones) is 1. The normalized spacial score (nSPS) is 20.4. The van der Waals surface area contributed by atoms with Gasteiger partial charge in [0, 0.05) is 13.3 Å². The first-order chi connectivity index (χ1) is 5.83. The van der Waals surface area contributed by atoms with Gasteiger partial charge in [-0.2, -0.15) is 0 Å². The molecule has 1 atom stereocenters. The van der Waals surface area contributed by atoms with Gasteiger partial charge in [0.2, 0.25) is 6.29 Å². The molecule has 1 aromatic rings. The SMILES string of the molecule is COC1OC(=O)c2cccnc21. The van der Waals surface area contributed by atoms with E-state index < -0.39 is 6.29 Å². The summed E-state index contributed by atoms with van der Waals surface area (Å²) in [6.07, 6.45) is 0.973. The highest BCUT2D eigenvalue weighted by molar-refractivity contribution is 5.93. The van der Waals surface area contributed by atoms with Crippen LogP contribution < -0.4 is 0 Å². The van der Waals surface area contributed by atoms with Gasteiger partial charge in [-0.3, -0.25) is 4.98 Å². The number of rotatable bonds is 1. The van der Waals surface area contributed by atoms with E-state index in [2.05, 4.69) is 4.98 Å². The Balaban J connectivity index is 2.50. The maximum absolute atomic E-state index is 11.1. The van der Waals surface area contributed by atoms with Crippen molar-refractivity contribution < 1.29 is 14.3 Å². The van der Waals surface area contributed by atoms with Crippen LogP contribution in [0, 0.1) is 0 Å². The number of hydrogen-bond donors (Lipinski definition) is 0. The van der Waals surface area contributed by atoms with Gasteiger partial charge in [0.25, 0.3) is 0 Å². The van der Waals surface area contributed by atoms with Crippen molar-refractivity contribution in [2.24, 2.45) is 0 Å². The fraction of sp³-hybridized carbons (Fsp3) is 0.250. The van der Waals surface area contributed by atoms with Crippen molar-refractivity contribution in [1.82, 2.24) is 4.98 Å². The molecule has 0 aliphatic carbocycles. The van der Waals surface area contributed by atoms with Gasteiger partial charge < -0.3 is 9.47 Å². The van der Waals surface area contributed by atoms with Crippen molar-refractivity contribution in [3.63, 3.8) is 0 Å². The highest BCUT2D eigenvalue weighted by Gasteiger charge is 2.31. The lowest BCUT2D eigenvalue weighted by Gasteiger charge is -2.05. The first-order valence-corrected chi connectivity index (χ1v) is 3.51. The molecule has 1 aliphatic heterocycles. The number of carbonyl (C=O) groups excluding carboxylic acids is 1. The second kappa shape index (κ2) is 2.57. The van der Waals surface area contributed by atoms with Crippen LogP contribution in [0.2, 0.25) is 0 Å². The van der Waals surface area contributed by atoms with Crippen LogP contribution in [0.1, 0.15) is 22.3 Å². The van der Waals surface area contributed by atoms with Crippen molar-refractivity contribution in [3.05, 3.63) is 29.6 Å². The van der Waals surface area contributed by atoms with Crippen LogP contribution in [0.5, 0.6) is 0 Å². The van der Waals surface area contributed by atoms with Crippen molar-refractivity contribution in [1.29, 1.82) is 0 Å². The fourth-order valence-electron chi connectivity index (χ4n) is 1.15. The molecule has 12 heavy (non-hydrogen) atoms. The van der Waals surface area contributed by atoms with Crippen LogP contribution in [-0.2, 0) is 9.47 Å². The quantitative estimate of drug-likeness (QED) is 0.580. The average molecular weight is 165 g/mol. The summed E-state index contributed by atoms with van der Waals surface area (Å²) < 4.78 is 9.76. The molecular weight excluding hydrogens is 158 g/mol. The predicted octanol–water partition coefficient (Wildman–Crippen LogP) is 0.897. The topological polar surface area (TPSA) is 48.4 Å². The maximum Gasteiger partial charge on any atom is 0.342 e. The smallest absolute Gasteiger partial charge is 0.342 e. The molecule has 1 unspecified atom stereocenters. The van der Waals surface area contributed by atoms with Crippen molar-refractivity contribution in [2.75, 3.05) is 7.11 Å². The Morgan fingerprint density at radius 1 is 1.67 bits per heavy atom. The minimum Gasteiger partial charge on any atom is -0.426 e. The molecule has 1 aromatic heterocycles. The lowest BCUT2D eigenvalue weighted by Crippen LogP contribution is -2.00. The molecule has 0 aromatic carbocycles. The number of methoxy groups -OCH3 is 1. The summed E-state index contributed by atoms with van der Waals surface area (Å²) in [6, 6.07) is 3.36. The standard InChI is InChI=1S/C8H7NO3/c1-11-8-6-5(7(10)12-8)3-2-4-9-6/h2-4,8H,1H3. The molecule has 2 heterocycles. The third kappa shape index (κ3) is 0.887. The molecule has 0 bridgehead atoms. The molecule has 0 saturated heterocycles. The van der Waals surface area contributed by atoms with Crippen molar-refractivity contribution in [3.8, 4) is 0 Å². The lowest BCUT2D eigenvalue weighted by molar-refractivity contribution is -0.0836. The second-order valence-corrected chi connectivity index (χ2v) is 2.41. The van der Waals surface area contributed by atoms with E-state index in [4.69, 9.17) is 9.47 Å². The van der Waals surface area contributed by atoms with Gasteiger partial charge in [-0.1, -0.05) is 0 Å². The highest BCUT2D eigenvalue weighted by atomic mass is 16.7. The Kier molecular flexibility index (Phi) is 1.55. The van der Waals surface area contributed by atoms with E-state index in [0.717, 1.165) is 0 Å². The predicted molar refractivity (Wildman–Crippen MR) is 39.4 cm³/mol. The molecule has 0 N–H and O–H groups in total. The molecule has 0 radical (unpaired) electrons. The number of esters is 1. The number of aromatic nitrogens is 1. The first-order valence-electron chi connectivity index (χ1n) is 3.51. The Hall–Kier alpha value is -1.42. The van der Waals surface area contributed by atoms with Crippen molar-refractivity contribution >= 4 is 5.97 Å². The molecule has 4 heteroatoms. The Bertz CT molecular complexity index is 324. The van der Waals surface area contributed by atoms with E-state index in [-0.39, 0.29) is 5.97 Å². The van der Waals surface area contributed by atoms with Gasteiger partial charge in [0.05, 0.1) is 5.56 Å². The van der Waals surface area contributed by atoms with Crippen LogP contribution in [-0.4, -0.2) is 18.1 Å². The highest BCUT2D eigenvalue weighted by Crippen LogP contribution is 2.28. The van der Waals surface area contributed by atoms with Crippen molar-refractivity contribution in [2.45, 2.75) is 6.29 Å². The summed E-state index contributed by atoms with van der Waals surface area (Å²) in [5.74, 6) is -0.370. The van der Waals surface area contributed by atoms with E-state index in [1.165, 1.54) is 7.11 Å². The molecule has 4 nitrogen and oxygen atoms in total. The minimum absolute atomic E-state index is 0.370. The molecule has 0 saturated carbocycles. The van der Waals surface area contributed by atoms with Gasteiger partial charge in [0.1, 0.15) is 5.69 Å². The lowest BCUT2D eigenvalue weighted by atomic mass is 10.2. The van der Waals surface area contributed by atoms with Gasteiger partial charge in [-0.15, -0.1) is 0 Å². The van der Waals surface area contributed by atoms with Gasteiger partial charge >= 0.3 is 5.97 Å². The number of hydrogen-bond acceptors (Lipinski definition) is 4. The molecule has 62 valence electrons. The third-order valence-corrected chi connectivity index (χ3v) is 1.71. The molecule has 2 rings (SSSR count). The maximum atomic E-state index is 11.1. The number of fused-ring (bicyclic) bond motifs is 1. The van der Waals surface area contributed by atoms with Gasteiger partial charge in [0.15, 0.2) is 0 Å².